The number of carbonyl (C=O) groups is 2. The second-order valence-electron chi connectivity index (χ2n) is 7.06. The lowest BCUT2D eigenvalue weighted by molar-refractivity contribution is -0.119. The molecule has 2 aromatic rings. The number of ketones is 1. The third kappa shape index (κ3) is 3.07. The van der Waals surface area contributed by atoms with E-state index in [1.54, 1.807) is 19.1 Å². The van der Waals surface area contributed by atoms with Crippen molar-refractivity contribution in [3.8, 4) is 11.5 Å². The molecule has 4 rings (SSSR count). The molecular weight excluding hydrogens is 354 g/mol. The molecule has 0 fully saturated rings. The quantitative estimate of drug-likeness (QED) is 0.800. The Morgan fingerprint density at radius 1 is 0.929 bits per heavy atom. The van der Waals surface area contributed by atoms with Gasteiger partial charge in [-0.2, -0.15) is 0 Å². The highest BCUT2D eigenvalue weighted by Crippen LogP contribution is 2.45. The number of methoxy groups -OCH3 is 2. The van der Waals surface area contributed by atoms with Gasteiger partial charge in [0.25, 0.3) is 0 Å². The number of hydrogen-bond acceptors (Lipinski definition) is 4. The van der Waals surface area contributed by atoms with E-state index in [1.165, 1.54) is 0 Å². The van der Waals surface area contributed by atoms with Crippen LogP contribution in [0.2, 0.25) is 0 Å². The predicted molar refractivity (Wildman–Crippen MR) is 107 cm³/mol. The number of Topliss-reactive ketones (excluding diaryl/α,β-unsaturated/α-hetero) is 1. The van der Waals surface area contributed by atoms with Gasteiger partial charge in [0.2, 0.25) is 5.91 Å². The SMILES string of the molecule is COc1ccc(N2C(=O)CC(c3ccccc3OC)C3=C2CCCC3=O)cc1. The predicted octanol–water partition coefficient (Wildman–Crippen LogP) is 4.23. The fourth-order valence-corrected chi connectivity index (χ4v) is 4.24. The summed E-state index contributed by atoms with van der Waals surface area (Å²) in [6, 6.07) is 15.0. The summed E-state index contributed by atoms with van der Waals surface area (Å²) in [6.45, 7) is 0. The minimum absolute atomic E-state index is 0.00507. The van der Waals surface area contributed by atoms with Crippen LogP contribution in [0.5, 0.6) is 11.5 Å². The largest absolute Gasteiger partial charge is 0.497 e. The number of amides is 1. The van der Waals surface area contributed by atoms with Gasteiger partial charge < -0.3 is 9.47 Å². The summed E-state index contributed by atoms with van der Waals surface area (Å²) in [5, 5.41) is 0. The average Bonchev–Trinajstić information content (AvgIpc) is 2.73. The molecule has 1 heterocycles. The molecule has 144 valence electrons. The fraction of sp³-hybridized carbons (Fsp3) is 0.304. The highest BCUT2D eigenvalue weighted by atomic mass is 16.5. The zero-order chi connectivity index (χ0) is 19.7. The smallest absolute Gasteiger partial charge is 0.232 e. The first kappa shape index (κ1) is 18.3. The maximum absolute atomic E-state index is 13.2. The van der Waals surface area contributed by atoms with E-state index in [9.17, 15) is 9.59 Å². The number of rotatable bonds is 4. The Bertz CT molecular complexity index is 945. The van der Waals surface area contributed by atoms with E-state index >= 15 is 0 Å². The van der Waals surface area contributed by atoms with Crippen molar-refractivity contribution in [1.29, 1.82) is 0 Å². The van der Waals surface area contributed by atoms with Crippen LogP contribution in [0.25, 0.3) is 0 Å². The zero-order valence-electron chi connectivity index (χ0n) is 16.1. The molecule has 0 saturated carbocycles. The normalized spacial score (nSPS) is 19.5. The number of nitrogens with zero attached hydrogens (tertiary/aromatic N) is 1. The molecule has 2 aromatic carbocycles. The molecule has 0 radical (unpaired) electrons. The summed E-state index contributed by atoms with van der Waals surface area (Å²) in [4.78, 5) is 27.9. The standard InChI is InChI=1S/C23H23NO4/c1-27-16-12-10-15(11-13-16)24-19-7-5-8-20(25)23(19)18(14-22(24)26)17-6-3-4-9-21(17)28-2/h3-4,6,9-13,18H,5,7-8,14H2,1-2H3. The summed E-state index contributed by atoms with van der Waals surface area (Å²) in [7, 11) is 3.23. The molecule has 1 aliphatic carbocycles. The van der Waals surface area contributed by atoms with Crippen molar-refractivity contribution in [2.24, 2.45) is 0 Å². The van der Waals surface area contributed by atoms with Gasteiger partial charge in [-0.1, -0.05) is 18.2 Å². The Hall–Kier alpha value is -3.08. The van der Waals surface area contributed by atoms with Gasteiger partial charge in [-0.15, -0.1) is 0 Å². The third-order valence-electron chi connectivity index (χ3n) is 5.52. The number of anilines is 1. The Balaban J connectivity index is 1.84. The van der Waals surface area contributed by atoms with Crippen molar-refractivity contribution in [2.45, 2.75) is 31.6 Å². The van der Waals surface area contributed by atoms with Crippen LogP contribution in [-0.2, 0) is 9.59 Å². The Morgan fingerprint density at radius 3 is 2.39 bits per heavy atom. The highest BCUT2D eigenvalue weighted by Gasteiger charge is 2.40. The van der Waals surface area contributed by atoms with Gasteiger partial charge in [0.1, 0.15) is 11.5 Å². The van der Waals surface area contributed by atoms with Crippen LogP contribution >= 0.6 is 0 Å². The first-order valence-corrected chi connectivity index (χ1v) is 9.50. The zero-order valence-corrected chi connectivity index (χ0v) is 16.1. The number of hydrogen-bond donors (Lipinski definition) is 0. The van der Waals surface area contributed by atoms with Gasteiger partial charge in [0, 0.05) is 41.3 Å². The Kier molecular flexibility index (Phi) is 4.90. The van der Waals surface area contributed by atoms with Crippen molar-refractivity contribution in [3.63, 3.8) is 0 Å². The van der Waals surface area contributed by atoms with Crippen LogP contribution in [0.3, 0.4) is 0 Å². The molecular formula is C23H23NO4. The molecule has 0 saturated heterocycles. The molecule has 5 heteroatoms. The molecule has 1 unspecified atom stereocenters. The van der Waals surface area contributed by atoms with Crippen LogP contribution in [0, 0.1) is 0 Å². The summed E-state index contributed by atoms with van der Waals surface area (Å²) in [5.41, 5.74) is 3.25. The van der Waals surface area contributed by atoms with Gasteiger partial charge in [-0.05, 0) is 43.2 Å². The summed E-state index contributed by atoms with van der Waals surface area (Å²) in [6.07, 6.45) is 2.24. The second-order valence-corrected chi connectivity index (χ2v) is 7.06. The summed E-state index contributed by atoms with van der Waals surface area (Å²) >= 11 is 0. The van der Waals surface area contributed by atoms with E-state index < -0.39 is 0 Å². The van der Waals surface area contributed by atoms with Gasteiger partial charge in [-0.25, -0.2) is 0 Å². The molecule has 0 N–H and O–H groups in total. The van der Waals surface area contributed by atoms with Gasteiger partial charge in [-0.3, -0.25) is 14.5 Å². The van der Waals surface area contributed by atoms with Crippen molar-refractivity contribution in [1.82, 2.24) is 0 Å². The van der Waals surface area contributed by atoms with Gasteiger partial charge in [0.05, 0.1) is 14.2 Å². The van der Waals surface area contributed by atoms with Crippen LogP contribution in [0.4, 0.5) is 5.69 Å². The Morgan fingerprint density at radius 2 is 1.68 bits per heavy atom. The minimum Gasteiger partial charge on any atom is -0.497 e. The Labute approximate surface area is 164 Å². The van der Waals surface area contributed by atoms with Crippen LogP contribution in [0.1, 0.15) is 37.2 Å². The fourth-order valence-electron chi connectivity index (χ4n) is 4.24. The lowest BCUT2D eigenvalue weighted by atomic mass is 9.77. The maximum atomic E-state index is 13.2. The molecule has 1 atom stereocenters. The van der Waals surface area contributed by atoms with Gasteiger partial charge in [0.15, 0.2) is 5.78 Å². The van der Waals surface area contributed by atoms with Crippen molar-refractivity contribution in [3.05, 3.63) is 65.4 Å². The van der Waals surface area contributed by atoms with Crippen molar-refractivity contribution >= 4 is 17.4 Å². The number of para-hydroxylation sites is 1. The van der Waals surface area contributed by atoms with Crippen LogP contribution < -0.4 is 14.4 Å². The highest BCUT2D eigenvalue weighted by molar-refractivity contribution is 6.07. The molecule has 0 bridgehead atoms. The third-order valence-corrected chi connectivity index (χ3v) is 5.52. The van der Waals surface area contributed by atoms with Crippen LogP contribution in [0.15, 0.2) is 59.8 Å². The van der Waals surface area contributed by atoms with Crippen molar-refractivity contribution < 1.29 is 19.1 Å². The van der Waals surface area contributed by atoms with Gasteiger partial charge >= 0.3 is 0 Å². The maximum Gasteiger partial charge on any atom is 0.232 e. The second kappa shape index (κ2) is 7.50. The summed E-state index contributed by atoms with van der Waals surface area (Å²) < 4.78 is 10.7. The number of ether oxygens (including phenoxy) is 2. The van der Waals surface area contributed by atoms with E-state index in [1.807, 2.05) is 48.5 Å². The van der Waals surface area contributed by atoms with E-state index in [4.69, 9.17) is 9.47 Å². The number of carbonyl (C=O) groups excluding carboxylic acids is 2. The number of benzene rings is 2. The van der Waals surface area contributed by atoms with E-state index in [-0.39, 0.29) is 24.0 Å². The van der Waals surface area contributed by atoms with E-state index in [0.29, 0.717) is 18.6 Å². The monoisotopic (exact) mass is 377 g/mol. The molecule has 2 aliphatic rings. The molecule has 5 nitrogen and oxygen atoms in total. The first-order valence-electron chi connectivity index (χ1n) is 9.50. The van der Waals surface area contributed by atoms with Crippen LogP contribution in [-0.4, -0.2) is 25.9 Å². The average molecular weight is 377 g/mol. The lowest BCUT2D eigenvalue weighted by Crippen LogP contribution is -2.40. The first-order chi connectivity index (χ1) is 13.6. The molecule has 28 heavy (non-hydrogen) atoms. The molecule has 1 aliphatic heterocycles. The summed E-state index contributed by atoms with van der Waals surface area (Å²) in [5.74, 6) is 1.30. The topological polar surface area (TPSA) is 55.8 Å². The minimum atomic E-state index is -0.263. The van der Waals surface area contributed by atoms with E-state index in [0.717, 1.165) is 34.7 Å². The molecule has 1 amide bonds. The molecule has 0 aromatic heterocycles. The number of allylic oxidation sites excluding steroid dienone is 2. The molecule has 0 spiro atoms. The van der Waals surface area contributed by atoms with E-state index in [2.05, 4.69) is 0 Å². The van der Waals surface area contributed by atoms with Crippen molar-refractivity contribution in [2.75, 3.05) is 19.1 Å². The lowest BCUT2D eigenvalue weighted by Gasteiger charge is -2.38.